The smallest absolute Gasteiger partial charge is 0.261 e. The summed E-state index contributed by atoms with van der Waals surface area (Å²) in [4.78, 5) is 7.38. The second-order valence-electron chi connectivity index (χ2n) is 5.72. The Balaban J connectivity index is 1.92. The van der Waals surface area contributed by atoms with E-state index in [4.69, 9.17) is 11.6 Å². The van der Waals surface area contributed by atoms with Crippen molar-refractivity contribution in [2.45, 2.75) is 19.0 Å². The molecule has 0 radical (unpaired) electrons. The molecule has 3 rings (SSSR count). The van der Waals surface area contributed by atoms with Crippen molar-refractivity contribution in [3.63, 3.8) is 0 Å². The van der Waals surface area contributed by atoms with Gasteiger partial charge in [0.25, 0.3) is 0 Å². The van der Waals surface area contributed by atoms with Crippen LogP contribution in [0.5, 0.6) is 0 Å². The molecule has 0 aliphatic rings. The van der Waals surface area contributed by atoms with Crippen LogP contribution >= 0.6 is 11.6 Å². The van der Waals surface area contributed by atoms with Gasteiger partial charge >= 0.3 is 6.18 Å². The van der Waals surface area contributed by atoms with Gasteiger partial charge in [-0.3, -0.25) is 4.98 Å². The molecule has 0 saturated heterocycles. The van der Waals surface area contributed by atoms with Crippen LogP contribution in [-0.2, 0) is 19.0 Å². The average molecular weight is 381 g/mol. The summed E-state index contributed by atoms with van der Waals surface area (Å²) in [5, 5.41) is 0.533. The highest BCUT2D eigenvalue weighted by Gasteiger charge is 2.35. The number of benzene rings is 1. The second-order valence-corrected chi connectivity index (χ2v) is 6.16. The maximum atomic E-state index is 13.4. The molecule has 2 aromatic heterocycles. The predicted molar refractivity (Wildman–Crippen MR) is 91.3 cm³/mol. The summed E-state index contributed by atoms with van der Waals surface area (Å²) in [6, 6.07) is 10.9. The quantitative estimate of drug-likeness (QED) is 0.539. The van der Waals surface area contributed by atoms with Crippen molar-refractivity contribution in [2.75, 3.05) is 0 Å². The van der Waals surface area contributed by atoms with E-state index < -0.39 is 17.7 Å². The Morgan fingerprint density at radius 1 is 0.962 bits per heavy atom. The SMILES string of the molecule is Fc1cncc(-c2ccc(CCc3cccc(Cl)c3)c(C(F)(F)F)n2)c1. The number of hydrogen-bond acceptors (Lipinski definition) is 2. The van der Waals surface area contributed by atoms with Crippen molar-refractivity contribution in [2.24, 2.45) is 0 Å². The van der Waals surface area contributed by atoms with Crippen LogP contribution in [0.1, 0.15) is 16.8 Å². The highest BCUT2D eigenvalue weighted by atomic mass is 35.5. The van der Waals surface area contributed by atoms with E-state index in [0.717, 1.165) is 17.8 Å². The Labute approximate surface area is 152 Å². The van der Waals surface area contributed by atoms with E-state index in [1.807, 2.05) is 0 Å². The highest BCUT2D eigenvalue weighted by Crippen LogP contribution is 2.33. The third-order valence-corrected chi connectivity index (χ3v) is 4.06. The minimum atomic E-state index is -4.61. The monoisotopic (exact) mass is 380 g/mol. The molecular formula is C19H13ClF4N2. The molecule has 7 heteroatoms. The van der Waals surface area contributed by atoms with E-state index in [1.54, 1.807) is 24.3 Å². The molecule has 0 bridgehead atoms. The number of hydrogen-bond donors (Lipinski definition) is 0. The molecule has 134 valence electrons. The molecule has 0 N–H and O–H groups in total. The molecule has 26 heavy (non-hydrogen) atoms. The first kappa shape index (κ1) is 18.3. The van der Waals surface area contributed by atoms with E-state index in [2.05, 4.69) is 9.97 Å². The maximum absolute atomic E-state index is 13.4. The number of aryl methyl sites for hydroxylation is 2. The Bertz CT molecular complexity index is 925. The maximum Gasteiger partial charge on any atom is 0.433 e. The normalized spacial score (nSPS) is 11.6. The minimum absolute atomic E-state index is 0.0239. The number of aromatic nitrogens is 2. The van der Waals surface area contributed by atoms with Gasteiger partial charge in [-0.1, -0.05) is 29.8 Å². The fourth-order valence-electron chi connectivity index (χ4n) is 2.62. The van der Waals surface area contributed by atoms with Crippen molar-refractivity contribution < 1.29 is 17.6 Å². The van der Waals surface area contributed by atoms with Crippen molar-refractivity contribution >= 4 is 11.6 Å². The molecule has 0 unspecified atom stereocenters. The van der Waals surface area contributed by atoms with Gasteiger partial charge < -0.3 is 0 Å². The third-order valence-electron chi connectivity index (χ3n) is 3.82. The third kappa shape index (κ3) is 4.38. The number of nitrogens with zero attached hydrogens (tertiary/aromatic N) is 2. The molecule has 1 aromatic carbocycles. The lowest BCUT2D eigenvalue weighted by molar-refractivity contribution is -0.141. The Kier molecular flexibility index (Phi) is 5.23. The number of halogens is 5. The summed E-state index contributed by atoms with van der Waals surface area (Å²) >= 11 is 5.90. The summed E-state index contributed by atoms with van der Waals surface area (Å²) in [6.07, 6.45) is -1.80. The average Bonchev–Trinajstić information content (AvgIpc) is 2.59. The Hall–Kier alpha value is -2.47. The summed E-state index contributed by atoms with van der Waals surface area (Å²) in [6.45, 7) is 0. The van der Waals surface area contributed by atoms with Crippen LogP contribution in [0.2, 0.25) is 5.02 Å². The molecule has 0 aliphatic carbocycles. The van der Waals surface area contributed by atoms with Gasteiger partial charge in [0.05, 0.1) is 11.9 Å². The van der Waals surface area contributed by atoms with Gasteiger partial charge in [0.2, 0.25) is 0 Å². The minimum Gasteiger partial charge on any atom is -0.261 e. The topological polar surface area (TPSA) is 25.8 Å². The summed E-state index contributed by atoms with van der Waals surface area (Å²) < 4.78 is 53.6. The highest BCUT2D eigenvalue weighted by molar-refractivity contribution is 6.30. The van der Waals surface area contributed by atoms with Crippen LogP contribution in [0.4, 0.5) is 17.6 Å². The van der Waals surface area contributed by atoms with Gasteiger partial charge in [0.15, 0.2) is 0 Å². The first-order chi connectivity index (χ1) is 12.3. The lowest BCUT2D eigenvalue weighted by Crippen LogP contribution is -2.13. The predicted octanol–water partition coefficient (Wildman–Crippen LogP) is 5.74. The van der Waals surface area contributed by atoms with Crippen molar-refractivity contribution in [1.29, 1.82) is 0 Å². The zero-order valence-corrected chi connectivity index (χ0v) is 14.2. The zero-order valence-electron chi connectivity index (χ0n) is 13.4. The van der Waals surface area contributed by atoms with Crippen LogP contribution in [0, 0.1) is 5.82 Å². The van der Waals surface area contributed by atoms with Crippen molar-refractivity contribution in [1.82, 2.24) is 9.97 Å². The Morgan fingerprint density at radius 2 is 1.77 bits per heavy atom. The van der Waals surface area contributed by atoms with Gasteiger partial charge in [-0.2, -0.15) is 13.2 Å². The van der Waals surface area contributed by atoms with Crippen LogP contribution in [0.25, 0.3) is 11.3 Å². The van der Waals surface area contributed by atoms with Crippen LogP contribution in [-0.4, -0.2) is 9.97 Å². The summed E-state index contributed by atoms with van der Waals surface area (Å²) in [5.41, 5.74) is 0.156. The molecule has 3 aromatic rings. The molecule has 0 saturated carbocycles. The van der Waals surface area contributed by atoms with E-state index in [0.29, 0.717) is 11.4 Å². The molecule has 0 atom stereocenters. The first-order valence-corrected chi connectivity index (χ1v) is 8.13. The van der Waals surface area contributed by atoms with E-state index >= 15 is 0 Å². The van der Waals surface area contributed by atoms with Gasteiger partial charge in [-0.25, -0.2) is 9.37 Å². The fraction of sp³-hybridized carbons (Fsp3) is 0.158. The van der Waals surface area contributed by atoms with Gasteiger partial charge in [-0.15, -0.1) is 0 Å². The van der Waals surface area contributed by atoms with E-state index in [9.17, 15) is 17.6 Å². The molecular weight excluding hydrogens is 368 g/mol. The number of pyridine rings is 2. The molecule has 2 heterocycles. The largest absolute Gasteiger partial charge is 0.433 e. The molecule has 0 aliphatic heterocycles. The molecule has 0 fully saturated rings. The standard InChI is InChI=1S/C19H13ClF4N2/c20-15-3-1-2-12(8-15)4-5-13-6-7-17(26-18(13)19(22,23)24)14-9-16(21)11-25-10-14/h1-3,6-11H,4-5H2. The number of rotatable bonds is 4. The first-order valence-electron chi connectivity index (χ1n) is 7.75. The molecule has 0 spiro atoms. The van der Waals surface area contributed by atoms with Gasteiger partial charge in [0.1, 0.15) is 11.5 Å². The number of alkyl halides is 3. The summed E-state index contributed by atoms with van der Waals surface area (Å²) in [7, 11) is 0. The van der Waals surface area contributed by atoms with Crippen LogP contribution in [0.15, 0.2) is 54.9 Å². The van der Waals surface area contributed by atoms with Crippen molar-refractivity contribution in [3.8, 4) is 11.3 Å². The summed E-state index contributed by atoms with van der Waals surface area (Å²) in [5.74, 6) is -0.636. The molecule has 2 nitrogen and oxygen atoms in total. The lowest BCUT2D eigenvalue weighted by Gasteiger charge is -2.14. The Morgan fingerprint density at radius 3 is 2.46 bits per heavy atom. The fourth-order valence-corrected chi connectivity index (χ4v) is 2.83. The van der Waals surface area contributed by atoms with Crippen LogP contribution < -0.4 is 0 Å². The van der Waals surface area contributed by atoms with Crippen molar-refractivity contribution in [3.05, 3.63) is 82.5 Å². The van der Waals surface area contributed by atoms with Crippen LogP contribution in [0.3, 0.4) is 0 Å². The van der Waals surface area contributed by atoms with E-state index in [-0.39, 0.29) is 23.2 Å². The van der Waals surface area contributed by atoms with Gasteiger partial charge in [0, 0.05) is 16.8 Å². The van der Waals surface area contributed by atoms with Gasteiger partial charge in [-0.05, 0) is 48.2 Å². The zero-order chi connectivity index (χ0) is 18.7. The van der Waals surface area contributed by atoms with E-state index in [1.165, 1.54) is 18.3 Å². The molecule has 0 amide bonds. The lowest BCUT2D eigenvalue weighted by atomic mass is 10.0. The second kappa shape index (κ2) is 7.41.